The van der Waals surface area contributed by atoms with Crippen LogP contribution >= 0.6 is 27.9 Å². The lowest BCUT2D eigenvalue weighted by Gasteiger charge is -2.07. The number of hydrogen-bond donors (Lipinski definition) is 2. The van der Waals surface area contributed by atoms with Gasteiger partial charge in [0.1, 0.15) is 5.76 Å². The van der Waals surface area contributed by atoms with Crippen molar-refractivity contribution in [2.45, 2.75) is 4.90 Å². The van der Waals surface area contributed by atoms with Gasteiger partial charge < -0.3 is 14.5 Å². The molecule has 126 valence electrons. The standard InChI is InChI=1S/C19H15BrN2O2S/c20-14-6-8-15(9-7-14)22-25-18-5-1-3-16(13-18)21-19(23)11-10-17-4-2-12-24-17/h1-13,22H,(H,21,23)/b11-10+. The van der Waals surface area contributed by atoms with Crippen LogP contribution in [0.3, 0.4) is 0 Å². The monoisotopic (exact) mass is 414 g/mol. The number of carbonyl (C=O) groups is 1. The number of carbonyl (C=O) groups excluding carboxylic acids is 1. The summed E-state index contributed by atoms with van der Waals surface area (Å²) < 4.78 is 9.46. The Bertz CT molecular complexity index is 861. The van der Waals surface area contributed by atoms with Gasteiger partial charge in [-0.05, 0) is 72.6 Å². The Kier molecular flexibility index (Phi) is 5.98. The largest absolute Gasteiger partial charge is 0.465 e. The zero-order valence-corrected chi connectivity index (χ0v) is 15.5. The van der Waals surface area contributed by atoms with Crippen molar-refractivity contribution < 1.29 is 9.21 Å². The lowest BCUT2D eigenvalue weighted by molar-refractivity contribution is -0.111. The van der Waals surface area contributed by atoms with E-state index in [1.54, 1.807) is 24.5 Å². The summed E-state index contributed by atoms with van der Waals surface area (Å²) >= 11 is 4.90. The quantitative estimate of drug-likeness (QED) is 0.394. The molecule has 0 aliphatic heterocycles. The molecule has 0 radical (unpaired) electrons. The normalized spacial score (nSPS) is 10.8. The Morgan fingerprint density at radius 3 is 2.64 bits per heavy atom. The molecule has 0 atom stereocenters. The molecule has 0 unspecified atom stereocenters. The molecular formula is C19H15BrN2O2S. The fourth-order valence-corrected chi connectivity index (χ4v) is 2.97. The molecule has 4 nitrogen and oxygen atoms in total. The number of furan rings is 1. The van der Waals surface area contributed by atoms with Crippen LogP contribution in [0.15, 0.2) is 86.8 Å². The molecule has 0 aliphatic rings. The number of hydrogen-bond acceptors (Lipinski definition) is 4. The van der Waals surface area contributed by atoms with Gasteiger partial charge in [-0.1, -0.05) is 22.0 Å². The number of anilines is 2. The Morgan fingerprint density at radius 2 is 1.88 bits per heavy atom. The molecule has 0 aliphatic carbocycles. The lowest BCUT2D eigenvalue weighted by Crippen LogP contribution is -2.07. The average molecular weight is 415 g/mol. The summed E-state index contributed by atoms with van der Waals surface area (Å²) in [6.07, 6.45) is 4.64. The highest BCUT2D eigenvalue weighted by Gasteiger charge is 2.01. The van der Waals surface area contributed by atoms with Gasteiger partial charge in [0, 0.05) is 26.8 Å². The second-order valence-electron chi connectivity index (χ2n) is 5.08. The highest BCUT2D eigenvalue weighted by molar-refractivity contribution is 9.10. The van der Waals surface area contributed by atoms with Gasteiger partial charge in [0.15, 0.2) is 0 Å². The Labute approximate surface area is 158 Å². The molecule has 3 rings (SSSR count). The minimum atomic E-state index is -0.209. The van der Waals surface area contributed by atoms with Gasteiger partial charge >= 0.3 is 0 Å². The molecule has 25 heavy (non-hydrogen) atoms. The molecule has 6 heteroatoms. The Morgan fingerprint density at radius 1 is 1.04 bits per heavy atom. The molecule has 2 aromatic carbocycles. The first-order valence-corrected chi connectivity index (χ1v) is 9.11. The second-order valence-corrected chi connectivity index (χ2v) is 6.87. The predicted octanol–water partition coefficient (Wildman–Crippen LogP) is 5.81. The van der Waals surface area contributed by atoms with Crippen molar-refractivity contribution in [1.29, 1.82) is 0 Å². The smallest absolute Gasteiger partial charge is 0.248 e. The van der Waals surface area contributed by atoms with E-state index in [9.17, 15) is 4.79 Å². The van der Waals surface area contributed by atoms with E-state index in [1.807, 2.05) is 48.5 Å². The van der Waals surface area contributed by atoms with E-state index in [0.29, 0.717) is 5.76 Å². The van der Waals surface area contributed by atoms with Crippen LogP contribution in [0.2, 0.25) is 0 Å². The Hall–Kier alpha value is -2.44. The fourth-order valence-electron chi connectivity index (χ4n) is 2.00. The van der Waals surface area contributed by atoms with Gasteiger partial charge in [-0.3, -0.25) is 4.79 Å². The zero-order chi connectivity index (χ0) is 17.5. The van der Waals surface area contributed by atoms with Crippen LogP contribution in [-0.2, 0) is 4.79 Å². The molecule has 1 heterocycles. The van der Waals surface area contributed by atoms with Gasteiger partial charge in [0.2, 0.25) is 5.91 Å². The number of halogens is 1. The van der Waals surface area contributed by atoms with Crippen molar-refractivity contribution in [3.8, 4) is 0 Å². The first-order chi connectivity index (χ1) is 12.2. The van der Waals surface area contributed by atoms with Crippen LogP contribution in [-0.4, -0.2) is 5.91 Å². The van der Waals surface area contributed by atoms with Crippen LogP contribution in [0, 0.1) is 0 Å². The zero-order valence-electron chi connectivity index (χ0n) is 13.1. The van der Waals surface area contributed by atoms with Gasteiger partial charge in [0.25, 0.3) is 0 Å². The molecule has 1 aromatic heterocycles. The number of rotatable bonds is 6. The fraction of sp³-hybridized carbons (Fsp3) is 0. The second kappa shape index (κ2) is 8.60. The first kappa shape index (κ1) is 17.4. The van der Waals surface area contributed by atoms with Gasteiger partial charge in [-0.15, -0.1) is 0 Å². The number of nitrogens with one attached hydrogen (secondary N) is 2. The molecule has 1 amide bonds. The first-order valence-electron chi connectivity index (χ1n) is 7.50. The van der Waals surface area contributed by atoms with Crippen LogP contribution in [0.4, 0.5) is 11.4 Å². The molecular weight excluding hydrogens is 400 g/mol. The predicted molar refractivity (Wildman–Crippen MR) is 106 cm³/mol. The van der Waals surface area contributed by atoms with Crippen molar-refractivity contribution in [3.63, 3.8) is 0 Å². The summed E-state index contributed by atoms with van der Waals surface area (Å²) in [7, 11) is 0. The van der Waals surface area contributed by atoms with Crippen molar-refractivity contribution in [1.82, 2.24) is 0 Å². The minimum Gasteiger partial charge on any atom is -0.465 e. The third-order valence-corrected chi connectivity index (χ3v) is 4.53. The minimum absolute atomic E-state index is 0.209. The van der Waals surface area contributed by atoms with Crippen molar-refractivity contribution in [2.24, 2.45) is 0 Å². The Balaban J connectivity index is 1.57. The highest BCUT2D eigenvalue weighted by atomic mass is 79.9. The summed E-state index contributed by atoms with van der Waals surface area (Å²) in [5, 5.41) is 2.84. The maximum atomic E-state index is 12.0. The topological polar surface area (TPSA) is 54.3 Å². The molecule has 0 spiro atoms. The van der Waals surface area contributed by atoms with Crippen LogP contribution in [0.1, 0.15) is 5.76 Å². The molecule has 0 saturated heterocycles. The molecule has 0 saturated carbocycles. The van der Waals surface area contributed by atoms with Crippen LogP contribution < -0.4 is 10.0 Å². The summed E-state index contributed by atoms with van der Waals surface area (Å²) in [5.41, 5.74) is 1.74. The van der Waals surface area contributed by atoms with E-state index in [4.69, 9.17) is 4.42 Å². The SMILES string of the molecule is O=C(/C=C/c1ccco1)Nc1cccc(SNc2ccc(Br)cc2)c1. The number of benzene rings is 2. The summed E-state index contributed by atoms with van der Waals surface area (Å²) in [6, 6.07) is 19.1. The van der Waals surface area contributed by atoms with Crippen molar-refractivity contribution in [3.05, 3.63) is 83.2 Å². The van der Waals surface area contributed by atoms with Gasteiger partial charge in [-0.25, -0.2) is 0 Å². The summed E-state index contributed by atoms with van der Waals surface area (Å²) in [5.74, 6) is 0.428. The van der Waals surface area contributed by atoms with E-state index in [1.165, 1.54) is 18.0 Å². The maximum Gasteiger partial charge on any atom is 0.248 e. The van der Waals surface area contributed by atoms with Crippen LogP contribution in [0.25, 0.3) is 6.08 Å². The third-order valence-electron chi connectivity index (χ3n) is 3.17. The number of amides is 1. The molecule has 0 fully saturated rings. The van der Waals surface area contributed by atoms with Gasteiger partial charge in [-0.2, -0.15) is 0 Å². The van der Waals surface area contributed by atoms with E-state index in [-0.39, 0.29) is 5.91 Å². The highest BCUT2D eigenvalue weighted by Crippen LogP contribution is 2.24. The van der Waals surface area contributed by atoms with Crippen LogP contribution in [0.5, 0.6) is 0 Å². The van der Waals surface area contributed by atoms with E-state index >= 15 is 0 Å². The van der Waals surface area contributed by atoms with Crippen molar-refractivity contribution in [2.75, 3.05) is 10.0 Å². The molecule has 0 bridgehead atoms. The van der Waals surface area contributed by atoms with Crippen molar-refractivity contribution >= 4 is 51.2 Å². The van der Waals surface area contributed by atoms with E-state index in [0.717, 1.165) is 20.7 Å². The maximum absolute atomic E-state index is 12.0. The van der Waals surface area contributed by atoms with E-state index in [2.05, 4.69) is 26.0 Å². The summed E-state index contributed by atoms with van der Waals surface area (Å²) in [4.78, 5) is 13.0. The van der Waals surface area contributed by atoms with Gasteiger partial charge in [0.05, 0.1) is 6.26 Å². The molecule has 3 aromatic rings. The molecule has 2 N–H and O–H groups in total. The summed E-state index contributed by atoms with van der Waals surface area (Å²) in [6.45, 7) is 0. The lowest BCUT2D eigenvalue weighted by atomic mass is 10.3. The average Bonchev–Trinajstić information content (AvgIpc) is 3.13. The third kappa shape index (κ3) is 5.55. The van der Waals surface area contributed by atoms with E-state index < -0.39 is 0 Å².